The molecule has 0 aliphatic carbocycles. The molecule has 1 unspecified atom stereocenters. The van der Waals surface area contributed by atoms with Gasteiger partial charge < -0.3 is 0 Å². The van der Waals surface area contributed by atoms with E-state index in [0.717, 1.165) is 34.0 Å². The molecule has 4 rings (SSSR count). The first kappa shape index (κ1) is 20.5. The molecule has 150 valence electrons. The van der Waals surface area contributed by atoms with Crippen LogP contribution in [0, 0.1) is 0 Å². The maximum Gasteiger partial charge on any atom is 0.0886 e. The van der Waals surface area contributed by atoms with Crippen molar-refractivity contribution >= 4 is 28.2 Å². The fraction of sp³-hybridized carbons (Fsp3) is 0.115. The lowest BCUT2D eigenvalue weighted by molar-refractivity contribution is 0.802. The van der Waals surface area contributed by atoms with Gasteiger partial charge in [-0.05, 0) is 47.7 Å². The predicted molar refractivity (Wildman–Crippen MR) is 133 cm³/mol. The van der Waals surface area contributed by atoms with Crippen molar-refractivity contribution in [3.63, 3.8) is 0 Å². The number of benzene rings is 2. The third kappa shape index (κ3) is 5.41. The van der Waals surface area contributed by atoms with E-state index in [9.17, 15) is 0 Å². The molecule has 4 heteroatoms. The zero-order chi connectivity index (χ0) is 20.6. The molecule has 2 aromatic carbocycles. The van der Waals surface area contributed by atoms with Crippen LogP contribution in [0.5, 0.6) is 0 Å². The number of aromatic nitrogens is 2. The standard InChI is InChI=1S/C26H22N2S2.H2/c29-26(22-11-5-2-6-12-22)30-25(21-9-3-1-4-10-21)17-15-20-14-16-24(28-19-20)23-13-7-8-18-27-23;/h1-14,16,18-19,25H,15,17H2;1H. The van der Waals surface area contributed by atoms with Crippen LogP contribution in [-0.2, 0) is 6.42 Å². The fourth-order valence-corrected chi connectivity index (χ4v) is 4.81. The van der Waals surface area contributed by atoms with Crippen LogP contribution in [0.1, 0.15) is 29.8 Å². The van der Waals surface area contributed by atoms with Crippen LogP contribution < -0.4 is 0 Å². The van der Waals surface area contributed by atoms with Gasteiger partial charge in [0.2, 0.25) is 0 Å². The highest BCUT2D eigenvalue weighted by atomic mass is 32.2. The van der Waals surface area contributed by atoms with Crippen LogP contribution in [0.15, 0.2) is 103 Å². The molecule has 1 atom stereocenters. The summed E-state index contributed by atoms with van der Waals surface area (Å²) in [6.07, 6.45) is 5.69. The minimum absolute atomic E-state index is 0. The second-order valence-electron chi connectivity index (χ2n) is 6.98. The Morgan fingerprint density at radius 1 is 0.800 bits per heavy atom. The molecule has 2 aromatic heterocycles. The average Bonchev–Trinajstić information content (AvgIpc) is 2.83. The van der Waals surface area contributed by atoms with Gasteiger partial charge in [0.05, 0.1) is 15.6 Å². The van der Waals surface area contributed by atoms with Gasteiger partial charge >= 0.3 is 0 Å². The van der Waals surface area contributed by atoms with Gasteiger partial charge in [0.1, 0.15) is 0 Å². The van der Waals surface area contributed by atoms with Crippen molar-refractivity contribution < 1.29 is 1.43 Å². The summed E-state index contributed by atoms with van der Waals surface area (Å²) in [5.41, 5.74) is 5.44. The Labute approximate surface area is 188 Å². The van der Waals surface area contributed by atoms with Crippen LogP contribution in [-0.4, -0.2) is 14.2 Å². The van der Waals surface area contributed by atoms with E-state index in [-0.39, 0.29) is 1.43 Å². The highest BCUT2D eigenvalue weighted by Gasteiger charge is 2.16. The summed E-state index contributed by atoms with van der Waals surface area (Å²) < 4.78 is 0.938. The number of thiocarbonyl (C=S) groups is 1. The lowest BCUT2D eigenvalue weighted by atomic mass is 10.0. The maximum absolute atomic E-state index is 5.74. The molecule has 30 heavy (non-hydrogen) atoms. The minimum Gasteiger partial charge on any atom is -0.255 e. The first-order valence-electron chi connectivity index (χ1n) is 9.97. The highest BCUT2D eigenvalue weighted by Crippen LogP contribution is 2.36. The second-order valence-corrected chi connectivity index (χ2v) is 8.86. The number of nitrogens with zero attached hydrogens (tertiary/aromatic N) is 2. The topological polar surface area (TPSA) is 25.8 Å². The van der Waals surface area contributed by atoms with E-state index in [1.165, 1.54) is 11.1 Å². The maximum atomic E-state index is 5.74. The molecule has 0 spiro atoms. The van der Waals surface area contributed by atoms with Gasteiger partial charge in [-0.2, -0.15) is 0 Å². The van der Waals surface area contributed by atoms with E-state index in [1.54, 1.807) is 18.0 Å². The van der Waals surface area contributed by atoms with E-state index in [2.05, 4.69) is 64.6 Å². The third-order valence-corrected chi connectivity index (χ3v) is 6.64. The van der Waals surface area contributed by atoms with Gasteiger partial charge in [-0.25, -0.2) is 0 Å². The highest BCUT2D eigenvalue weighted by molar-refractivity contribution is 8.23. The Hall–Kier alpha value is -2.82. The zero-order valence-electron chi connectivity index (χ0n) is 16.5. The Morgan fingerprint density at radius 2 is 1.50 bits per heavy atom. The van der Waals surface area contributed by atoms with Crippen LogP contribution in [0.3, 0.4) is 0 Å². The van der Waals surface area contributed by atoms with Gasteiger partial charge in [-0.3, -0.25) is 9.97 Å². The Kier molecular flexibility index (Phi) is 7.01. The Bertz CT molecular complexity index is 1070. The summed E-state index contributed by atoms with van der Waals surface area (Å²) in [6, 6.07) is 31.0. The van der Waals surface area contributed by atoms with Crippen molar-refractivity contribution in [2.75, 3.05) is 0 Å². The number of aryl methyl sites for hydroxylation is 1. The number of hydrogen-bond acceptors (Lipinski definition) is 4. The summed E-state index contributed by atoms with van der Waals surface area (Å²) in [5.74, 6) is 0. The van der Waals surface area contributed by atoms with Crippen molar-refractivity contribution in [1.29, 1.82) is 0 Å². The van der Waals surface area contributed by atoms with Crippen molar-refractivity contribution in [2.45, 2.75) is 18.1 Å². The molecule has 0 N–H and O–H groups in total. The molecule has 0 radical (unpaired) electrons. The molecule has 0 saturated carbocycles. The van der Waals surface area contributed by atoms with Crippen LogP contribution in [0.2, 0.25) is 0 Å². The van der Waals surface area contributed by atoms with E-state index in [1.807, 2.05) is 42.6 Å². The summed E-state index contributed by atoms with van der Waals surface area (Å²) in [4.78, 5) is 8.99. The van der Waals surface area contributed by atoms with Gasteiger partial charge in [0.25, 0.3) is 0 Å². The van der Waals surface area contributed by atoms with Gasteiger partial charge in [0.15, 0.2) is 0 Å². The average molecular weight is 429 g/mol. The number of pyridine rings is 2. The molecular weight excluding hydrogens is 404 g/mol. The van der Waals surface area contributed by atoms with E-state index >= 15 is 0 Å². The van der Waals surface area contributed by atoms with Crippen molar-refractivity contribution in [1.82, 2.24) is 9.97 Å². The molecule has 2 nitrogen and oxygen atoms in total. The van der Waals surface area contributed by atoms with Crippen LogP contribution in [0.25, 0.3) is 11.4 Å². The number of rotatable bonds is 7. The number of thioether (sulfide) groups is 1. The molecule has 0 fully saturated rings. The summed E-state index contributed by atoms with van der Waals surface area (Å²) in [6.45, 7) is 0. The molecule has 0 amide bonds. The second kappa shape index (κ2) is 10.3. The molecular formula is C26H24N2S2. The van der Waals surface area contributed by atoms with Gasteiger partial charge in [-0.1, -0.05) is 85.0 Å². The largest absolute Gasteiger partial charge is 0.255 e. The van der Waals surface area contributed by atoms with Crippen molar-refractivity contribution in [3.8, 4) is 11.4 Å². The summed E-state index contributed by atoms with van der Waals surface area (Å²) >= 11 is 7.51. The monoisotopic (exact) mass is 428 g/mol. The lowest BCUT2D eigenvalue weighted by Gasteiger charge is -2.18. The van der Waals surface area contributed by atoms with Crippen LogP contribution in [0.4, 0.5) is 0 Å². The third-order valence-electron chi connectivity index (χ3n) is 4.88. The molecule has 4 aromatic rings. The molecule has 2 heterocycles. The van der Waals surface area contributed by atoms with Gasteiger partial charge in [-0.15, -0.1) is 11.8 Å². The first-order chi connectivity index (χ1) is 14.8. The molecule has 0 bridgehead atoms. The first-order valence-corrected chi connectivity index (χ1v) is 11.3. The number of hydrogen-bond donors (Lipinski definition) is 0. The van der Waals surface area contributed by atoms with E-state index < -0.39 is 0 Å². The normalized spacial score (nSPS) is 11.7. The summed E-state index contributed by atoms with van der Waals surface area (Å²) in [7, 11) is 0. The van der Waals surface area contributed by atoms with Crippen molar-refractivity contribution in [3.05, 3.63) is 120 Å². The SMILES string of the molecule is S=C(SC(CCc1ccc(-c2ccccn2)nc1)c1ccccc1)c1ccccc1.[HH]. The quantitative estimate of drug-likeness (QED) is 0.291. The molecule has 0 aliphatic heterocycles. The Morgan fingerprint density at radius 3 is 2.17 bits per heavy atom. The Balaban J connectivity index is 0.00000272. The molecule has 0 saturated heterocycles. The van der Waals surface area contributed by atoms with E-state index in [0.29, 0.717) is 5.25 Å². The van der Waals surface area contributed by atoms with Crippen LogP contribution >= 0.6 is 24.0 Å². The lowest BCUT2D eigenvalue weighted by Crippen LogP contribution is -2.02. The minimum atomic E-state index is 0. The fourth-order valence-electron chi connectivity index (χ4n) is 3.27. The molecule has 0 aliphatic rings. The smallest absolute Gasteiger partial charge is 0.0886 e. The van der Waals surface area contributed by atoms with Gasteiger partial charge in [0, 0.05) is 19.1 Å². The van der Waals surface area contributed by atoms with Crippen molar-refractivity contribution in [2.24, 2.45) is 0 Å². The predicted octanol–water partition coefficient (Wildman–Crippen LogP) is 7.17. The zero-order valence-corrected chi connectivity index (χ0v) is 18.2. The van der Waals surface area contributed by atoms with E-state index in [4.69, 9.17) is 12.2 Å². The summed E-state index contributed by atoms with van der Waals surface area (Å²) in [5, 5.41) is 0.300.